The number of esters is 1. The SMILES string of the molecule is COC(=O)CC1C(C)=Cc2cc(F)c(F)cc21. The van der Waals surface area contributed by atoms with Crippen LogP contribution in [0, 0.1) is 11.6 Å². The molecule has 2 nitrogen and oxygen atoms in total. The Hall–Kier alpha value is -1.71. The van der Waals surface area contributed by atoms with Gasteiger partial charge in [-0.3, -0.25) is 4.79 Å². The van der Waals surface area contributed by atoms with Crippen LogP contribution >= 0.6 is 0 Å². The summed E-state index contributed by atoms with van der Waals surface area (Å²) in [6.45, 7) is 1.84. The van der Waals surface area contributed by atoms with Gasteiger partial charge in [-0.1, -0.05) is 11.6 Å². The monoisotopic (exact) mass is 238 g/mol. The van der Waals surface area contributed by atoms with Gasteiger partial charge in [-0.2, -0.15) is 0 Å². The summed E-state index contributed by atoms with van der Waals surface area (Å²) >= 11 is 0. The summed E-state index contributed by atoms with van der Waals surface area (Å²) in [4.78, 5) is 11.3. The second-order valence-corrected chi connectivity index (χ2v) is 4.12. The van der Waals surface area contributed by atoms with E-state index in [1.807, 2.05) is 6.92 Å². The van der Waals surface area contributed by atoms with Gasteiger partial charge in [0.05, 0.1) is 13.5 Å². The molecule has 0 amide bonds. The van der Waals surface area contributed by atoms with E-state index in [9.17, 15) is 13.6 Å². The number of benzene rings is 1. The van der Waals surface area contributed by atoms with E-state index in [0.29, 0.717) is 11.1 Å². The topological polar surface area (TPSA) is 26.3 Å². The molecule has 0 saturated heterocycles. The zero-order valence-electron chi connectivity index (χ0n) is 9.59. The number of ether oxygens (including phenoxy) is 1. The van der Waals surface area contributed by atoms with Crippen molar-refractivity contribution in [2.45, 2.75) is 19.3 Å². The lowest BCUT2D eigenvalue weighted by atomic mass is 9.93. The summed E-state index contributed by atoms with van der Waals surface area (Å²) in [6.07, 6.45) is 1.92. The Labute approximate surface area is 97.9 Å². The van der Waals surface area contributed by atoms with E-state index in [0.717, 1.165) is 17.7 Å². The molecule has 1 aromatic rings. The minimum absolute atomic E-state index is 0.150. The van der Waals surface area contributed by atoms with Crippen molar-refractivity contribution >= 4 is 12.0 Å². The van der Waals surface area contributed by atoms with Crippen molar-refractivity contribution in [2.75, 3.05) is 7.11 Å². The van der Waals surface area contributed by atoms with E-state index in [1.54, 1.807) is 6.08 Å². The smallest absolute Gasteiger partial charge is 0.306 e. The van der Waals surface area contributed by atoms with E-state index >= 15 is 0 Å². The fraction of sp³-hybridized carbons (Fsp3) is 0.308. The first-order valence-electron chi connectivity index (χ1n) is 5.27. The Morgan fingerprint density at radius 1 is 1.35 bits per heavy atom. The minimum Gasteiger partial charge on any atom is -0.469 e. The van der Waals surface area contributed by atoms with Gasteiger partial charge >= 0.3 is 5.97 Å². The maximum absolute atomic E-state index is 13.2. The molecule has 17 heavy (non-hydrogen) atoms. The summed E-state index contributed by atoms with van der Waals surface area (Å²) in [5, 5.41) is 0. The molecule has 0 fully saturated rings. The van der Waals surface area contributed by atoms with E-state index in [-0.39, 0.29) is 18.3 Å². The highest BCUT2D eigenvalue weighted by atomic mass is 19.2. The van der Waals surface area contributed by atoms with Gasteiger partial charge in [0.2, 0.25) is 0 Å². The molecule has 0 aliphatic heterocycles. The van der Waals surface area contributed by atoms with Crippen LogP contribution in [-0.2, 0) is 9.53 Å². The number of carbonyl (C=O) groups is 1. The van der Waals surface area contributed by atoms with Gasteiger partial charge in [0.1, 0.15) is 0 Å². The van der Waals surface area contributed by atoms with Crippen molar-refractivity contribution in [3.63, 3.8) is 0 Å². The fourth-order valence-corrected chi connectivity index (χ4v) is 2.12. The zero-order valence-corrected chi connectivity index (χ0v) is 9.59. The van der Waals surface area contributed by atoms with E-state index in [4.69, 9.17) is 0 Å². The van der Waals surface area contributed by atoms with Crippen LogP contribution in [0.2, 0.25) is 0 Å². The fourth-order valence-electron chi connectivity index (χ4n) is 2.12. The van der Waals surface area contributed by atoms with Gasteiger partial charge in [0.15, 0.2) is 11.6 Å². The van der Waals surface area contributed by atoms with Crippen molar-refractivity contribution in [1.29, 1.82) is 0 Å². The molecule has 1 aromatic carbocycles. The zero-order chi connectivity index (χ0) is 12.6. The Balaban J connectivity index is 2.37. The molecule has 0 bridgehead atoms. The molecule has 0 N–H and O–H groups in total. The second kappa shape index (κ2) is 4.28. The van der Waals surface area contributed by atoms with Gasteiger partial charge in [0.25, 0.3) is 0 Å². The van der Waals surface area contributed by atoms with Crippen molar-refractivity contribution in [3.8, 4) is 0 Å². The number of carbonyl (C=O) groups excluding carboxylic acids is 1. The number of allylic oxidation sites excluding steroid dienone is 1. The van der Waals surface area contributed by atoms with Crippen LogP contribution in [0.1, 0.15) is 30.4 Å². The molecule has 1 aliphatic rings. The first kappa shape index (κ1) is 11.8. The van der Waals surface area contributed by atoms with Gasteiger partial charge in [-0.25, -0.2) is 8.78 Å². The lowest BCUT2D eigenvalue weighted by Gasteiger charge is -2.13. The summed E-state index contributed by atoms with van der Waals surface area (Å²) in [5.74, 6) is -2.33. The number of fused-ring (bicyclic) bond motifs is 1. The molecule has 0 saturated carbocycles. The maximum Gasteiger partial charge on any atom is 0.306 e. The standard InChI is InChI=1S/C13H12F2O2/c1-7-3-8-4-11(14)12(15)5-10(8)9(7)6-13(16)17-2/h3-5,9H,6H2,1-2H3. The van der Waals surface area contributed by atoms with E-state index in [2.05, 4.69) is 4.74 Å². The molecule has 0 aromatic heterocycles. The van der Waals surface area contributed by atoms with Crippen LogP contribution in [0.3, 0.4) is 0 Å². The van der Waals surface area contributed by atoms with Crippen molar-refractivity contribution in [3.05, 3.63) is 40.5 Å². The van der Waals surface area contributed by atoms with Crippen LogP contribution in [0.15, 0.2) is 17.7 Å². The molecule has 90 valence electrons. The summed E-state index contributed by atoms with van der Waals surface area (Å²) in [6, 6.07) is 2.32. The number of rotatable bonds is 2. The molecule has 4 heteroatoms. The molecule has 1 unspecified atom stereocenters. The van der Waals surface area contributed by atoms with Crippen molar-refractivity contribution in [1.82, 2.24) is 0 Å². The molecule has 0 spiro atoms. The maximum atomic E-state index is 13.2. The van der Waals surface area contributed by atoms with Crippen LogP contribution in [0.4, 0.5) is 8.78 Å². The predicted octanol–water partition coefficient (Wildman–Crippen LogP) is 3.03. The summed E-state index contributed by atoms with van der Waals surface area (Å²) < 4.78 is 30.8. The largest absolute Gasteiger partial charge is 0.469 e. The molecular formula is C13H12F2O2. The minimum atomic E-state index is -0.887. The Morgan fingerprint density at radius 2 is 2.00 bits per heavy atom. The van der Waals surface area contributed by atoms with Crippen LogP contribution in [0.25, 0.3) is 6.08 Å². The Morgan fingerprint density at radius 3 is 2.65 bits per heavy atom. The molecule has 0 heterocycles. The molecule has 2 rings (SSSR count). The lowest BCUT2D eigenvalue weighted by Crippen LogP contribution is -2.08. The average molecular weight is 238 g/mol. The highest BCUT2D eigenvalue weighted by Crippen LogP contribution is 2.39. The Kier molecular flexibility index (Phi) is 2.96. The second-order valence-electron chi connectivity index (χ2n) is 4.12. The predicted molar refractivity (Wildman–Crippen MR) is 59.4 cm³/mol. The third-order valence-electron chi connectivity index (χ3n) is 3.03. The number of methoxy groups -OCH3 is 1. The highest BCUT2D eigenvalue weighted by molar-refractivity contribution is 5.75. The number of hydrogen-bond acceptors (Lipinski definition) is 2. The quantitative estimate of drug-likeness (QED) is 0.740. The normalized spacial score (nSPS) is 17.6. The van der Waals surface area contributed by atoms with Gasteiger partial charge < -0.3 is 4.74 Å². The summed E-state index contributed by atoms with van der Waals surface area (Å²) in [5.41, 5.74) is 2.19. The third-order valence-corrected chi connectivity index (χ3v) is 3.03. The van der Waals surface area contributed by atoms with E-state index in [1.165, 1.54) is 7.11 Å². The number of halogens is 2. The van der Waals surface area contributed by atoms with Gasteiger partial charge in [0, 0.05) is 5.92 Å². The van der Waals surface area contributed by atoms with Crippen molar-refractivity contribution < 1.29 is 18.3 Å². The molecular weight excluding hydrogens is 226 g/mol. The van der Waals surface area contributed by atoms with Crippen LogP contribution < -0.4 is 0 Å². The summed E-state index contributed by atoms with van der Waals surface area (Å²) in [7, 11) is 1.31. The molecule has 1 aliphatic carbocycles. The van der Waals surface area contributed by atoms with Crippen LogP contribution in [0.5, 0.6) is 0 Å². The third kappa shape index (κ3) is 2.07. The average Bonchev–Trinajstić information content (AvgIpc) is 2.56. The van der Waals surface area contributed by atoms with E-state index < -0.39 is 11.6 Å². The Bertz CT molecular complexity index is 506. The lowest BCUT2D eigenvalue weighted by molar-refractivity contribution is -0.140. The molecule has 0 radical (unpaired) electrons. The van der Waals surface area contributed by atoms with Gasteiger partial charge in [-0.15, -0.1) is 0 Å². The van der Waals surface area contributed by atoms with Crippen LogP contribution in [-0.4, -0.2) is 13.1 Å². The first-order chi connectivity index (χ1) is 8.02. The van der Waals surface area contributed by atoms with Crippen molar-refractivity contribution in [2.24, 2.45) is 0 Å². The number of hydrogen-bond donors (Lipinski definition) is 0. The molecule has 1 atom stereocenters. The van der Waals surface area contributed by atoms with Gasteiger partial charge in [-0.05, 0) is 30.2 Å². The highest BCUT2D eigenvalue weighted by Gasteiger charge is 2.26. The first-order valence-corrected chi connectivity index (χ1v) is 5.27.